The SMILES string of the molecule is CC1(c2ccccc2)CC(/C(=N\OC[C@H](O)CN2CCN(c3ccccc3)CC2)c2cc3ccccc3o2)C1. The maximum atomic E-state index is 10.8. The molecule has 1 aliphatic heterocycles. The smallest absolute Gasteiger partial charge is 0.153 e. The first kappa shape index (κ1) is 25.7. The molecule has 0 spiro atoms. The number of oxime groups is 1. The van der Waals surface area contributed by atoms with Gasteiger partial charge >= 0.3 is 0 Å². The number of piperazine rings is 1. The minimum Gasteiger partial charge on any atom is -0.455 e. The van der Waals surface area contributed by atoms with Crippen molar-refractivity contribution in [1.82, 2.24) is 4.90 Å². The average Bonchev–Trinajstić information content (AvgIpc) is 3.39. The molecule has 39 heavy (non-hydrogen) atoms. The quantitative estimate of drug-likeness (QED) is 0.225. The van der Waals surface area contributed by atoms with Crippen molar-refractivity contribution in [3.05, 3.63) is 102 Å². The van der Waals surface area contributed by atoms with Crippen molar-refractivity contribution in [2.24, 2.45) is 11.1 Å². The van der Waals surface area contributed by atoms with Gasteiger partial charge in [-0.05, 0) is 48.1 Å². The molecule has 2 heterocycles. The lowest BCUT2D eigenvalue weighted by molar-refractivity contribution is 0.0169. The van der Waals surface area contributed by atoms with Crippen molar-refractivity contribution in [2.75, 3.05) is 44.2 Å². The van der Waals surface area contributed by atoms with Gasteiger partial charge in [0.1, 0.15) is 24.0 Å². The van der Waals surface area contributed by atoms with Crippen LogP contribution in [0.15, 0.2) is 101 Å². The van der Waals surface area contributed by atoms with Gasteiger partial charge in [-0.25, -0.2) is 0 Å². The summed E-state index contributed by atoms with van der Waals surface area (Å²) in [6.07, 6.45) is 1.35. The van der Waals surface area contributed by atoms with Gasteiger partial charge in [0.15, 0.2) is 5.76 Å². The number of anilines is 1. The van der Waals surface area contributed by atoms with Crippen LogP contribution in [0.2, 0.25) is 0 Å². The van der Waals surface area contributed by atoms with Gasteiger partial charge in [-0.2, -0.15) is 0 Å². The van der Waals surface area contributed by atoms with Crippen LogP contribution in [0, 0.1) is 5.92 Å². The fraction of sp³-hybridized carbons (Fsp3) is 0.364. The fourth-order valence-electron chi connectivity index (χ4n) is 6.10. The Bertz CT molecular complexity index is 1350. The number of hydrogen-bond donors (Lipinski definition) is 1. The molecular formula is C33H37N3O3. The first-order valence-electron chi connectivity index (χ1n) is 14.0. The maximum Gasteiger partial charge on any atom is 0.153 e. The average molecular weight is 524 g/mol. The topological polar surface area (TPSA) is 61.4 Å². The second-order valence-electron chi connectivity index (χ2n) is 11.2. The molecule has 2 fully saturated rings. The Morgan fingerprint density at radius 2 is 1.62 bits per heavy atom. The van der Waals surface area contributed by atoms with Gasteiger partial charge in [0, 0.05) is 49.7 Å². The molecule has 202 valence electrons. The van der Waals surface area contributed by atoms with Crippen molar-refractivity contribution >= 4 is 22.4 Å². The molecule has 1 aromatic heterocycles. The number of rotatable bonds is 9. The Morgan fingerprint density at radius 1 is 0.949 bits per heavy atom. The van der Waals surface area contributed by atoms with Crippen molar-refractivity contribution < 1.29 is 14.4 Å². The van der Waals surface area contributed by atoms with E-state index in [2.05, 4.69) is 88.6 Å². The first-order chi connectivity index (χ1) is 19.1. The van der Waals surface area contributed by atoms with Crippen molar-refractivity contribution in [3.63, 3.8) is 0 Å². The highest BCUT2D eigenvalue weighted by Gasteiger charge is 2.45. The Labute approximate surface area is 230 Å². The Morgan fingerprint density at radius 3 is 2.33 bits per heavy atom. The Kier molecular flexibility index (Phi) is 7.40. The highest BCUT2D eigenvalue weighted by Crippen LogP contribution is 2.49. The van der Waals surface area contributed by atoms with Crippen LogP contribution in [0.4, 0.5) is 5.69 Å². The van der Waals surface area contributed by atoms with Gasteiger partial charge in [-0.1, -0.05) is 78.8 Å². The van der Waals surface area contributed by atoms with Crippen LogP contribution in [-0.4, -0.2) is 61.2 Å². The Hall–Kier alpha value is -3.61. The van der Waals surface area contributed by atoms with E-state index in [0.29, 0.717) is 6.54 Å². The molecule has 1 aliphatic carbocycles. The molecule has 6 nitrogen and oxygen atoms in total. The summed E-state index contributed by atoms with van der Waals surface area (Å²) in [7, 11) is 0. The molecule has 0 bridgehead atoms. The van der Waals surface area contributed by atoms with Gasteiger partial charge < -0.3 is 19.3 Å². The third kappa shape index (κ3) is 5.72. The zero-order valence-corrected chi connectivity index (χ0v) is 22.6. The number of para-hydroxylation sites is 2. The molecule has 6 heteroatoms. The number of aliphatic hydroxyl groups excluding tert-OH is 1. The third-order valence-electron chi connectivity index (χ3n) is 8.32. The molecule has 4 aromatic rings. The zero-order chi connectivity index (χ0) is 26.7. The number of benzene rings is 3. The summed E-state index contributed by atoms with van der Waals surface area (Å²) in [4.78, 5) is 10.5. The summed E-state index contributed by atoms with van der Waals surface area (Å²) in [5, 5.41) is 16.4. The molecule has 0 amide bonds. The van der Waals surface area contributed by atoms with Gasteiger partial charge in [0.05, 0.1) is 0 Å². The van der Waals surface area contributed by atoms with Crippen LogP contribution in [0.5, 0.6) is 0 Å². The van der Waals surface area contributed by atoms with E-state index in [9.17, 15) is 5.11 Å². The normalized spacial score (nSPS) is 23.0. The lowest BCUT2D eigenvalue weighted by Crippen LogP contribution is -2.49. The van der Waals surface area contributed by atoms with Crippen LogP contribution in [0.25, 0.3) is 11.0 Å². The number of fused-ring (bicyclic) bond motifs is 1. The van der Waals surface area contributed by atoms with Crippen LogP contribution in [-0.2, 0) is 10.3 Å². The molecule has 3 aromatic carbocycles. The first-order valence-corrected chi connectivity index (χ1v) is 14.0. The van der Waals surface area contributed by atoms with Crippen molar-refractivity contribution in [1.29, 1.82) is 0 Å². The summed E-state index contributed by atoms with van der Waals surface area (Å²) in [5.41, 5.74) is 4.41. The molecule has 6 rings (SSSR count). The second kappa shape index (κ2) is 11.2. The van der Waals surface area contributed by atoms with E-state index in [4.69, 9.17) is 9.25 Å². The standard InChI is InChI=1S/C33H37N3O3/c1-33(27-11-4-2-5-12-27)21-26(22-33)32(31-20-25-10-8-9-15-30(25)39-31)34-38-24-29(37)23-35-16-18-36(19-17-35)28-13-6-3-7-14-28/h2-15,20,26,29,37H,16-19,21-24H2,1H3/b34-32+/t26?,29-,33?/m1/s1. The lowest BCUT2D eigenvalue weighted by atomic mass is 9.58. The number of furan rings is 1. The predicted molar refractivity (Wildman–Crippen MR) is 156 cm³/mol. The largest absolute Gasteiger partial charge is 0.455 e. The highest BCUT2D eigenvalue weighted by molar-refractivity contribution is 6.03. The van der Waals surface area contributed by atoms with Gasteiger partial charge in [-0.3, -0.25) is 4.90 Å². The van der Waals surface area contributed by atoms with Crippen LogP contribution < -0.4 is 4.90 Å². The fourth-order valence-corrected chi connectivity index (χ4v) is 6.10. The second-order valence-corrected chi connectivity index (χ2v) is 11.2. The molecule has 1 saturated heterocycles. The monoisotopic (exact) mass is 523 g/mol. The van der Waals surface area contributed by atoms with E-state index < -0.39 is 6.10 Å². The zero-order valence-electron chi connectivity index (χ0n) is 22.6. The summed E-state index contributed by atoms with van der Waals surface area (Å²) < 4.78 is 6.20. The van der Waals surface area contributed by atoms with E-state index in [1.165, 1.54) is 11.3 Å². The van der Waals surface area contributed by atoms with Gasteiger partial charge in [-0.15, -0.1) is 0 Å². The van der Waals surface area contributed by atoms with Crippen molar-refractivity contribution in [2.45, 2.75) is 31.3 Å². The van der Waals surface area contributed by atoms with Crippen LogP contribution in [0.1, 0.15) is 31.1 Å². The van der Waals surface area contributed by atoms with Gasteiger partial charge in [0.25, 0.3) is 0 Å². The maximum absolute atomic E-state index is 10.8. The minimum atomic E-state index is -0.607. The van der Waals surface area contributed by atoms with E-state index >= 15 is 0 Å². The summed E-state index contributed by atoms with van der Waals surface area (Å²) in [6.45, 7) is 6.79. The Balaban J connectivity index is 1.08. The van der Waals surface area contributed by atoms with E-state index in [0.717, 1.165) is 61.5 Å². The molecule has 0 unspecified atom stereocenters. The molecule has 1 saturated carbocycles. The molecule has 1 atom stereocenters. The third-order valence-corrected chi connectivity index (χ3v) is 8.32. The van der Waals surface area contributed by atoms with E-state index in [1.807, 2.05) is 24.3 Å². The number of hydrogen-bond acceptors (Lipinski definition) is 6. The lowest BCUT2D eigenvalue weighted by Gasteiger charge is -2.45. The van der Waals surface area contributed by atoms with E-state index in [-0.39, 0.29) is 17.9 Å². The predicted octanol–water partition coefficient (Wildman–Crippen LogP) is 5.70. The highest BCUT2D eigenvalue weighted by atomic mass is 16.6. The van der Waals surface area contributed by atoms with Crippen molar-refractivity contribution in [3.8, 4) is 0 Å². The number of aliphatic hydroxyl groups is 1. The molecule has 2 aliphatic rings. The summed E-state index contributed by atoms with van der Waals surface area (Å²) >= 11 is 0. The van der Waals surface area contributed by atoms with Crippen LogP contribution in [0.3, 0.4) is 0 Å². The molecular weight excluding hydrogens is 486 g/mol. The molecule has 0 radical (unpaired) electrons. The summed E-state index contributed by atoms with van der Waals surface area (Å²) in [6, 6.07) is 31.3. The number of nitrogens with zero attached hydrogens (tertiary/aromatic N) is 3. The van der Waals surface area contributed by atoms with Gasteiger partial charge in [0.2, 0.25) is 0 Å². The van der Waals surface area contributed by atoms with E-state index in [1.54, 1.807) is 0 Å². The molecule has 1 N–H and O–H groups in total. The van der Waals surface area contributed by atoms with Crippen LogP contribution >= 0.6 is 0 Å². The minimum absolute atomic E-state index is 0.111. The number of β-amino-alcohol motifs (C(OH)–C–C–N with tert-alkyl or cyclic N) is 1. The summed E-state index contributed by atoms with van der Waals surface area (Å²) in [5.74, 6) is 0.988.